The lowest BCUT2D eigenvalue weighted by Gasteiger charge is -2.15. The number of rotatable bonds is 11. The standard InChI is InChI=1S/C27H33N5O4/c1-29-16-23(33)17-36-24-9-5-7-19(13-24)27(35)31-25-14-21(11-10-20(25)15-28)30-26(34)18-6-4-8-22(12-18)32(2)3/h4-14,23,29,33H,15-17,28H2,1-3H3,(H,30,34)(H,31,35). The Balaban J connectivity index is 1.73. The first-order valence-corrected chi connectivity index (χ1v) is 11.6. The van der Waals surface area contributed by atoms with Crippen molar-refractivity contribution in [2.75, 3.05) is 49.8 Å². The van der Waals surface area contributed by atoms with E-state index in [9.17, 15) is 14.7 Å². The zero-order valence-corrected chi connectivity index (χ0v) is 20.7. The number of nitrogens with two attached hydrogens (primary N) is 1. The minimum atomic E-state index is -0.664. The second kappa shape index (κ2) is 12.7. The zero-order chi connectivity index (χ0) is 26.1. The highest BCUT2D eigenvalue weighted by Crippen LogP contribution is 2.24. The predicted octanol–water partition coefficient (Wildman–Crippen LogP) is 2.67. The van der Waals surface area contributed by atoms with Gasteiger partial charge < -0.3 is 36.4 Å². The van der Waals surface area contributed by atoms with Crippen molar-refractivity contribution < 1.29 is 19.4 Å². The van der Waals surface area contributed by atoms with Gasteiger partial charge >= 0.3 is 0 Å². The van der Waals surface area contributed by atoms with E-state index in [2.05, 4.69) is 16.0 Å². The molecule has 3 rings (SSSR count). The van der Waals surface area contributed by atoms with Gasteiger partial charge in [-0.2, -0.15) is 0 Å². The summed E-state index contributed by atoms with van der Waals surface area (Å²) in [5.41, 5.74) is 9.44. The molecule has 0 fully saturated rings. The number of hydrogen-bond acceptors (Lipinski definition) is 7. The van der Waals surface area contributed by atoms with E-state index in [1.54, 1.807) is 61.6 Å². The van der Waals surface area contributed by atoms with Crippen LogP contribution in [-0.4, -0.2) is 57.3 Å². The average molecular weight is 492 g/mol. The Kier molecular flexibility index (Phi) is 9.40. The molecule has 0 spiro atoms. The summed E-state index contributed by atoms with van der Waals surface area (Å²) in [7, 11) is 5.56. The lowest BCUT2D eigenvalue weighted by Crippen LogP contribution is -2.29. The molecule has 0 aromatic heterocycles. The van der Waals surface area contributed by atoms with E-state index >= 15 is 0 Å². The Hall–Kier alpha value is -3.92. The van der Waals surface area contributed by atoms with Crippen LogP contribution in [0.3, 0.4) is 0 Å². The molecule has 0 radical (unpaired) electrons. The van der Waals surface area contributed by atoms with Crippen molar-refractivity contribution in [3.63, 3.8) is 0 Å². The fourth-order valence-corrected chi connectivity index (χ4v) is 3.49. The minimum absolute atomic E-state index is 0.0996. The van der Waals surface area contributed by atoms with Gasteiger partial charge in [-0.05, 0) is 61.1 Å². The predicted molar refractivity (Wildman–Crippen MR) is 143 cm³/mol. The number of aliphatic hydroxyl groups is 1. The van der Waals surface area contributed by atoms with E-state index in [1.807, 2.05) is 31.1 Å². The number of nitrogens with zero attached hydrogens (tertiary/aromatic N) is 1. The van der Waals surface area contributed by atoms with Crippen LogP contribution in [0.15, 0.2) is 66.7 Å². The number of likely N-dealkylation sites (N-methyl/N-ethyl adjacent to an activating group) is 1. The van der Waals surface area contributed by atoms with Crippen LogP contribution in [0.2, 0.25) is 0 Å². The fraction of sp³-hybridized carbons (Fsp3) is 0.259. The average Bonchev–Trinajstić information content (AvgIpc) is 2.88. The van der Waals surface area contributed by atoms with Crippen molar-refractivity contribution in [3.8, 4) is 5.75 Å². The molecule has 0 saturated heterocycles. The molecule has 0 saturated carbocycles. The molecule has 9 heteroatoms. The Morgan fingerprint density at radius 3 is 2.36 bits per heavy atom. The monoisotopic (exact) mass is 491 g/mol. The van der Waals surface area contributed by atoms with Gasteiger partial charge in [0.25, 0.3) is 11.8 Å². The van der Waals surface area contributed by atoms with Crippen molar-refractivity contribution in [1.82, 2.24) is 5.32 Å². The molecule has 190 valence electrons. The number of carbonyl (C=O) groups excluding carboxylic acids is 2. The molecular formula is C27H33N5O4. The van der Waals surface area contributed by atoms with Crippen molar-refractivity contribution >= 4 is 28.9 Å². The van der Waals surface area contributed by atoms with Gasteiger partial charge in [0.2, 0.25) is 0 Å². The van der Waals surface area contributed by atoms with Crippen LogP contribution >= 0.6 is 0 Å². The first-order valence-electron chi connectivity index (χ1n) is 11.6. The maximum Gasteiger partial charge on any atom is 0.255 e. The number of anilines is 3. The van der Waals surface area contributed by atoms with E-state index in [4.69, 9.17) is 10.5 Å². The molecule has 0 heterocycles. The molecule has 3 aromatic carbocycles. The summed E-state index contributed by atoms with van der Waals surface area (Å²) in [6, 6.07) is 19.2. The van der Waals surface area contributed by atoms with Gasteiger partial charge in [-0.3, -0.25) is 9.59 Å². The van der Waals surface area contributed by atoms with Gasteiger partial charge in [-0.1, -0.05) is 18.2 Å². The highest BCUT2D eigenvalue weighted by Gasteiger charge is 2.13. The molecule has 0 aliphatic carbocycles. The molecule has 0 bridgehead atoms. The molecule has 9 nitrogen and oxygen atoms in total. The largest absolute Gasteiger partial charge is 0.491 e. The number of hydrogen-bond donors (Lipinski definition) is 5. The van der Waals surface area contributed by atoms with Gasteiger partial charge in [-0.15, -0.1) is 0 Å². The first-order chi connectivity index (χ1) is 17.3. The van der Waals surface area contributed by atoms with Crippen molar-refractivity contribution in [2.45, 2.75) is 12.6 Å². The van der Waals surface area contributed by atoms with Crippen LogP contribution in [0, 0.1) is 0 Å². The van der Waals surface area contributed by atoms with E-state index in [1.165, 1.54) is 0 Å². The van der Waals surface area contributed by atoms with E-state index in [0.717, 1.165) is 11.3 Å². The van der Waals surface area contributed by atoms with Crippen LogP contribution < -0.4 is 31.3 Å². The van der Waals surface area contributed by atoms with Crippen LogP contribution in [-0.2, 0) is 6.54 Å². The highest BCUT2D eigenvalue weighted by atomic mass is 16.5. The summed E-state index contributed by atoms with van der Waals surface area (Å²) in [6.45, 7) is 0.708. The van der Waals surface area contributed by atoms with Gasteiger partial charge in [0.05, 0.1) is 0 Å². The van der Waals surface area contributed by atoms with Gasteiger partial charge in [0.15, 0.2) is 0 Å². The van der Waals surface area contributed by atoms with E-state index in [-0.39, 0.29) is 25.0 Å². The van der Waals surface area contributed by atoms with Gasteiger partial charge in [0, 0.05) is 55.4 Å². The van der Waals surface area contributed by atoms with Gasteiger partial charge in [-0.25, -0.2) is 0 Å². The number of benzene rings is 3. The van der Waals surface area contributed by atoms with Gasteiger partial charge in [0.1, 0.15) is 18.5 Å². The highest BCUT2D eigenvalue weighted by molar-refractivity contribution is 6.07. The Labute approximate surface area is 211 Å². The molecule has 2 amide bonds. The number of ether oxygens (including phenoxy) is 1. The van der Waals surface area contributed by atoms with Crippen molar-refractivity contribution in [2.24, 2.45) is 5.73 Å². The topological polar surface area (TPSA) is 129 Å². The zero-order valence-electron chi connectivity index (χ0n) is 20.7. The van der Waals surface area contributed by atoms with Crippen molar-refractivity contribution in [3.05, 3.63) is 83.4 Å². The summed E-state index contributed by atoms with van der Waals surface area (Å²) in [5, 5.41) is 18.5. The third kappa shape index (κ3) is 7.29. The normalized spacial score (nSPS) is 11.5. The number of amides is 2. The fourth-order valence-electron chi connectivity index (χ4n) is 3.49. The molecular weight excluding hydrogens is 458 g/mol. The molecule has 36 heavy (non-hydrogen) atoms. The molecule has 0 aliphatic rings. The SMILES string of the molecule is CNCC(O)COc1cccc(C(=O)Nc2cc(NC(=O)c3cccc(N(C)C)c3)ccc2CN)c1. The Morgan fingerprint density at radius 1 is 0.972 bits per heavy atom. The van der Waals surface area contributed by atoms with Crippen LogP contribution in [0.4, 0.5) is 17.1 Å². The number of aliphatic hydroxyl groups excluding tert-OH is 1. The number of carbonyl (C=O) groups is 2. The third-order valence-corrected chi connectivity index (χ3v) is 5.44. The maximum atomic E-state index is 13.0. The molecule has 1 atom stereocenters. The summed E-state index contributed by atoms with van der Waals surface area (Å²) < 4.78 is 5.59. The first kappa shape index (κ1) is 26.7. The maximum absolute atomic E-state index is 13.0. The second-order valence-corrected chi connectivity index (χ2v) is 8.48. The van der Waals surface area contributed by atoms with Crippen molar-refractivity contribution in [1.29, 1.82) is 0 Å². The number of nitrogens with one attached hydrogen (secondary N) is 3. The summed E-state index contributed by atoms with van der Waals surface area (Å²) in [5.74, 6) is -0.146. The van der Waals surface area contributed by atoms with Crippen LogP contribution in [0.1, 0.15) is 26.3 Å². The lowest BCUT2D eigenvalue weighted by atomic mass is 10.1. The summed E-state index contributed by atoms with van der Waals surface area (Å²) in [6.07, 6.45) is -0.664. The third-order valence-electron chi connectivity index (χ3n) is 5.44. The quantitative estimate of drug-likeness (QED) is 0.279. The smallest absolute Gasteiger partial charge is 0.255 e. The molecule has 3 aromatic rings. The lowest BCUT2D eigenvalue weighted by molar-refractivity contribution is 0.101. The molecule has 6 N–H and O–H groups in total. The Bertz CT molecular complexity index is 1200. The molecule has 1 unspecified atom stereocenters. The van der Waals surface area contributed by atoms with E-state index in [0.29, 0.717) is 34.8 Å². The summed E-state index contributed by atoms with van der Waals surface area (Å²) in [4.78, 5) is 27.7. The minimum Gasteiger partial charge on any atom is -0.491 e. The summed E-state index contributed by atoms with van der Waals surface area (Å²) >= 11 is 0. The Morgan fingerprint density at radius 2 is 1.67 bits per heavy atom. The second-order valence-electron chi connectivity index (χ2n) is 8.48. The van der Waals surface area contributed by atoms with E-state index < -0.39 is 6.10 Å². The van der Waals surface area contributed by atoms with Crippen LogP contribution in [0.25, 0.3) is 0 Å². The molecule has 0 aliphatic heterocycles. The van der Waals surface area contributed by atoms with Crippen LogP contribution in [0.5, 0.6) is 5.75 Å².